The zero-order valence-corrected chi connectivity index (χ0v) is 13.6. The van der Waals surface area contributed by atoms with Crippen molar-refractivity contribution in [3.05, 3.63) is 24.3 Å². The standard InChI is InChI=1S/C16H22N2O3S/c1-21-13-6-4-7-14(10-13)22-11-16(20)18-8-3-2-5-12(18)9-15(17)19/h4,6-7,10,12H,2-3,5,8-9,11H2,1H3,(H2,17,19)/t12-/m0/s1. The van der Waals surface area contributed by atoms with Gasteiger partial charge in [-0.3, -0.25) is 9.59 Å². The van der Waals surface area contributed by atoms with Gasteiger partial charge in [-0.25, -0.2) is 0 Å². The van der Waals surface area contributed by atoms with Crippen LogP contribution in [0.3, 0.4) is 0 Å². The molecule has 1 aliphatic rings. The molecule has 0 bridgehead atoms. The van der Waals surface area contributed by atoms with Crippen molar-refractivity contribution in [2.45, 2.75) is 36.6 Å². The van der Waals surface area contributed by atoms with Gasteiger partial charge in [0.1, 0.15) is 5.75 Å². The number of hydrogen-bond donors (Lipinski definition) is 1. The fourth-order valence-electron chi connectivity index (χ4n) is 2.69. The number of carbonyl (C=O) groups excluding carboxylic acids is 2. The number of methoxy groups -OCH3 is 1. The van der Waals surface area contributed by atoms with E-state index in [0.717, 1.165) is 36.5 Å². The third kappa shape index (κ3) is 4.66. The fourth-order valence-corrected chi connectivity index (χ4v) is 3.52. The highest BCUT2D eigenvalue weighted by Crippen LogP contribution is 2.25. The van der Waals surface area contributed by atoms with Crippen molar-refractivity contribution < 1.29 is 14.3 Å². The minimum absolute atomic E-state index is 0.0374. The molecule has 1 fully saturated rings. The smallest absolute Gasteiger partial charge is 0.233 e. The summed E-state index contributed by atoms with van der Waals surface area (Å²) in [6.45, 7) is 0.718. The highest BCUT2D eigenvalue weighted by molar-refractivity contribution is 8.00. The lowest BCUT2D eigenvalue weighted by Gasteiger charge is -2.35. The third-order valence-corrected chi connectivity index (χ3v) is 4.77. The van der Waals surface area contributed by atoms with Crippen molar-refractivity contribution in [2.24, 2.45) is 5.73 Å². The molecule has 0 radical (unpaired) electrons. The Labute approximate surface area is 135 Å². The second-order valence-corrected chi connectivity index (χ2v) is 6.42. The van der Waals surface area contributed by atoms with Crippen LogP contribution in [0.5, 0.6) is 5.75 Å². The van der Waals surface area contributed by atoms with Crippen LogP contribution in [0.25, 0.3) is 0 Å². The van der Waals surface area contributed by atoms with Crippen LogP contribution in [-0.4, -0.2) is 42.2 Å². The highest BCUT2D eigenvalue weighted by atomic mass is 32.2. The van der Waals surface area contributed by atoms with Crippen LogP contribution in [0.2, 0.25) is 0 Å². The second kappa shape index (κ2) is 8.08. The van der Waals surface area contributed by atoms with Crippen LogP contribution < -0.4 is 10.5 Å². The van der Waals surface area contributed by atoms with Gasteiger partial charge in [0.25, 0.3) is 0 Å². The number of thioether (sulfide) groups is 1. The van der Waals surface area contributed by atoms with Crippen LogP contribution in [0.4, 0.5) is 0 Å². The van der Waals surface area contributed by atoms with E-state index in [2.05, 4.69) is 0 Å². The van der Waals surface area contributed by atoms with Gasteiger partial charge in [0.15, 0.2) is 0 Å². The molecule has 0 spiro atoms. The molecule has 2 amide bonds. The molecule has 0 unspecified atom stereocenters. The first-order valence-corrected chi connectivity index (χ1v) is 8.43. The summed E-state index contributed by atoms with van der Waals surface area (Å²) in [5.41, 5.74) is 5.29. The molecule has 1 aromatic carbocycles. The maximum Gasteiger partial charge on any atom is 0.233 e. The summed E-state index contributed by atoms with van der Waals surface area (Å²) in [6.07, 6.45) is 3.16. The molecular formula is C16H22N2O3S. The van der Waals surface area contributed by atoms with Gasteiger partial charge in [0.05, 0.1) is 12.9 Å². The highest BCUT2D eigenvalue weighted by Gasteiger charge is 2.27. The van der Waals surface area contributed by atoms with Crippen LogP contribution in [-0.2, 0) is 9.59 Å². The Kier molecular flexibility index (Phi) is 6.12. The number of ether oxygens (including phenoxy) is 1. The first-order chi connectivity index (χ1) is 10.6. The van der Waals surface area contributed by atoms with E-state index >= 15 is 0 Å². The number of piperidine rings is 1. The van der Waals surface area contributed by atoms with Crippen molar-refractivity contribution in [1.29, 1.82) is 0 Å². The van der Waals surface area contributed by atoms with E-state index in [9.17, 15) is 9.59 Å². The van der Waals surface area contributed by atoms with Crippen molar-refractivity contribution in [1.82, 2.24) is 4.90 Å². The summed E-state index contributed by atoms with van der Waals surface area (Å²) in [5, 5.41) is 0. The summed E-state index contributed by atoms with van der Waals surface area (Å²) in [5.74, 6) is 0.869. The average molecular weight is 322 g/mol. The molecule has 0 aliphatic carbocycles. The van der Waals surface area contributed by atoms with Crippen molar-refractivity contribution in [2.75, 3.05) is 19.4 Å². The number of likely N-dealkylation sites (tertiary alicyclic amines) is 1. The molecule has 6 heteroatoms. The molecule has 1 aromatic rings. The van der Waals surface area contributed by atoms with E-state index in [1.165, 1.54) is 11.8 Å². The van der Waals surface area contributed by atoms with Crippen molar-refractivity contribution in [3.63, 3.8) is 0 Å². The summed E-state index contributed by atoms with van der Waals surface area (Å²) in [4.78, 5) is 26.4. The number of amides is 2. The van der Waals surface area contributed by atoms with E-state index in [1.54, 1.807) is 7.11 Å². The number of nitrogens with zero attached hydrogens (tertiary/aromatic N) is 1. The molecule has 0 aromatic heterocycles. The Bertz CT molecular complexity index is 536. The number of rotatable bonds is 6. The van der Waals surface area contributed by atoms with Gasteiger partial charge >= 0.3 is 0 Å². The number of benzene rings is 1. The van der Waals surface area contributed by atoms with Crippen LogP contribution in [0, 0.1) is 0 Å². The largest absolute Gasteiger partial charge is 0.497 e. The Morgan fingerprint density at radius 3 is 2.95 bits per heavy atom. The van der Waals surface area contributed by atoms with Crippen LogP contribution in [0.1, 0.15) is 25.7 Å². The number of nitrogens with two attached hydrogens (primary N) is 1. The Hall–Kier alpha value is -1.69. The molecule has 1 atom stereocenters. The van der Waals surface area contributed by atoms with E-state index < -0.39 is 0 Å². The summed E-state index contributed by atoms with van der Waals surface area (Å²) in [7, 11) is 1.62. The topological polar surface area (TPSA) is 72.6 Å². The number of primary amides is 1. The molecule has 1 saturated heterocycles. The average Bonchev–Trinajstić information content (AvgIpc) is 2.53. The number of carbonyl (C=O) groups is 2. The van der Waals surface area contributed by atoms with E-state index in [-0.39, 0.29) is 24.3 Å². The van der Waals surface area contributed by atoms with Crippen LogP contribution >= 0.6 is 11.8 Å². The molecular weight excluding hydrogens is 300 g/mol. The molecule has 2 rings (SSSR count). The first-order valence-electron chi connectivity index (χ1n) is 7.45. The van der Waals surface area contributed by atoms with E-state index in [4.69, 9.17) is 10.5 Å². The number of hydrogen-bond acceptors (Lipinski definition) is 4. The zero-order valence-electron chi connectivity index (χ0n) is 12.8. The molecule has 1 aliphatic heterocycles. The second-order valence-electron chi connectivity index (χ2n) is 5.37. The summed E-state index contributed by atoms with van der Waals surface area (Å²) in [6, 6.07) is 7.61. The van der Waals surface area contributed by atoms with Crippen molar-refractivity contribution >= 4 is 23.6 Å². The predicted molar refractivity (Wildman–Crippen MR) is 86.9 cm³/mol. The Balaban J connectivity index is 1.93. The van der Waals surface area contributed by atoms with Gasteiger partial charge in [-0.15, -0.1) is 11.8 Å². The van der Waals surface area contributed by atoms with Gasteiger partial charge in [0.2, 0.25) is 11.8 Å². The Morgan fingerprint density at radius 2 is 2.23 bits per heavy atom. The van der Waals surface area contributed by atoms with Crippen LogP contribution in [0.15, 0.2) is 29.2 Å². The van der Waals surface area contributed by atoms with Gasteiger partial charge in [-0.05, 0) is 37.5 Å². The lowest BCUT2D eigenvalue weighted by Crippen LogP contribution is -2.46. The molecule has 2 N–H and O–H groups in total. The zero-order chi connectivity index (χ0) is 15.9. The van der Waals surface area contributed by atoms with Crippen molar-refractivity contribution in [3.8, 4) is 5.75 Å². The third-order valence-electron chi connectivity index (χ3n) is 3.79. The lowest BCUT2D eigenvalue weighted by atomic mass is 9.99. The molecule has 5 nitrogen and oxygen atoms in total. The molecule has 120 valence electrons. The van der Waals surface area contributed by atoms with E-state index in [0.29, 0.717) is 5.75 Å². The molecule has 0 saturated carbocycles. The van der Waals surface area contributed by atoms with E-state index in [1.807, 2.05) is 29.2 Å². The SMILES string of the molecule is COc1cccc(SCC(=O)N2CCCC[C@H]2CC(N)=O)c1. The first kappa shape index (κ1) is 16.7. The minimum Gasteiger partial charge on any atom is -0.497 e. The minimum atomic E-state index is -0.342. The maximum atomic E-state index is 12.4. The quantitative estimate of drug-likeness (QED) is 0.814. The predicted octanol–water partition coefficient (Wildman–Crippen LogP) is 2.04. The van der Waals surface area contributed by atoms with Gasteiger partial charge in [-0.1, -0.05) is 6.07 Å². The fraction of sp³-hybridized carbons (Fsp3) is 0.500. The lowest BCUT2D eigenvalue weighted by molar-refractivity contribution is -0.133. The molecule has 22 heavy (non-hydrogen) atoms. The monoisotopic (exact) mass is 322 g/mol. The maximum absolute atomic E-state index is 12.4. The summed E-state index contributed by atoms with van der Waals surface area (Å²) >= 11 is 1.49. The molecule has 1 heterocycles. The van der Waals surface area contributed by atoms with Gasteiger partial charge in [-0.2, -0.15) is 0 Å². The van der Waals surface area contributed by atoms with Gasteiger partial charge in [0, 0.05) is 23.9 Å². The Morgan fingerprint density at radius 1 is 1.41 bits per heavy atom. The normalized spacial score (nSPS) is 18.0. The van der Waals surface area contributed by atoms with Gasteiger partial charge < -0.3 is 15.4 Å². The summed E-state index contributed by atoms with van der Waals surface area (Å²) < 4.78 is 5.18.